The summed E-state index contributed by atoms with van der Waals surface area (Å²) in [6.07, 6.45) is 11.1. The summed E-state index contributed by atoms with van der Waals surface area (Å²) in [6, 6.07) is 14.0. The molecule has 0 aliphatic heterocycles. The summed E-state index contributed by atoms with van der Waals surface area (Å²) in [5.41, 5.74) is 4.70. The fraction of sp³-hybridized carbons (Fsp3) is 0.485. The molecule has 2 aromatic heterocycles. The lowest BCUT2D eigenvalue weighted by Gasteiger charge is -2.25. The Labute approximate surface area is 250 Å². The van der Waals surface area contributed by atoms with Crippen molar-refractivity contribution in [3.8, 4) is 0 Å². The number of benzene rings is 1. The van der Waals surface area contributed by atoms with Crippen molar-refractivity contribution >= 4 is 35.6 Å². The quantitative estimate of drug-likeness (QED) is 0.151. The normalized spacial score (nSPS) is 13.4. The first-order chi connectivity index (χ1) is 19.3. The first-order valence-corrected chi connectivity index (χ1v) is 14.7. The third-order valence-corrected chi connectivity index (χ3v) is 8.00. The van der Waals surface area contributed by atoms with Crippen LogP contribution >= 0.6 is 12.4 Å². The second kappa shape index (κ2) is 15.2. The number of ketones is 1. The number of nitrogens with one attached hydrogen (secondary N) is 1. The highest BCUT2D eigenvalue weighted by atomic mass is 35.5. The molecule has 0 unspecified atom stereocenters. The maximum atomic E-state index is 13.7. The predicted octanol–water partition coefficient (Wildman–Crippen LogP) is 6.03. The molecule has 1 aliphatic carbocycles. The number of methoxy groups -OCH3 is 1. The molecule has 1 N–H and O–H groups in total. The minimum atomic E-state index is -0.464. The summed E-state index contributed by atoms with van der Waals surface area (Å²) >= 11 is 0. The van der Waals surface area contributed by atoms with E-state index in [9.17, 15) is 14.4 Å². The van der Waals surface area contributed by atoms with Crippen LogP contribution in [0.3, 0.4) is 0 Å². The molecule has 0 radical (unpaired) electrons. The van der Waals surface area contributed by atoms with E-state index in [4.69, 9.17) is 4.74 Å². The average molecular weight is 582 g/mol. The number of halogens is 1. The Kier molecular flexibility index (Phi) is 12.0. The number of hydrogen-bond donors (Lipinski definition) is 1. The molecule has 222 valence electrons. The van der Waals surface area contributed by atoms with Gasteiger partial charge in [0.1, 0.15) is 6.54 Å². The Bertz CT molecular complexity index is 1330. The van der Waals surface area contributed by atoms with Crippen molar-refractivity contribution in [2.24, 2.45) is 0 Å². The number of ether oxygens (including phenoxy) is 1. The molecule has 1 aliphatic rings. The third kappa shape index (κ3) is 7.98. The lowest BCUT2D eigenvalue weighted by molar-refractivity contribution is -0.141. The van der Waals surface area contributed by atoms with Gasteiger partial charge in [-0.1, -0.05) is 44.0 Å². The Morgan fingerprint density at radius 1 is 1.02 bits per heavy atom. The Hall–Kier alpha value is -3.16. The van der Waals surface area contributed by atoms with E-state index in [0.717, 1.165) is 42.9 Å². The van der Waals surface area contributed by atoms with Crippen LogP contribution in [-0.2, 0) is 22.4 Å². The highest BCUT2D eigenvalue weighted by molar-refractivity contribution is 6.10. The van der Waals surface area contributed by atoms with E-state index in [2.05, 4.69) is 17.4 Å². The van der Waals surface area contributed by atoms with E-state index in [0.29, 0.717) is 23.2 Å². The molecule has 7 nitrogen and oxygen atoms in total. The van der Waals surface area contributed by atoms with E-state index >= 15 is 0 Å². The smallest absolute Gasteiger partial charge is 0.325 e. The lowest BCUT2D eigenvalue weighted by atomic mass is 10.0. The van der Waals surface area contributed by atoms with Crippen LogP contribution in [0.15, 0.2) is 48.7 Å². The maximum Gasteiger partial charge on any atom is 0.325 e. The van der Waals surface area contributed by atoms with Crippen molar-refractivity contribution in [2.45, 2.75) is 84.2 Å². The largest absolute Gasteiger partial charge is 0.468 e. The Morgan fingerprint density at radius 3 is 2.37 bits per heavy atom. The molecule has 3 aromatic rings. The number of amides is 1. The Balaban J connectivity index is 0.00000462. The van der Waals surface area contributed by atoms with Gasteiger partial charge in [0.2, 0.25) is 5.78 Å². The number of pyridine rings is 1. The van der Waals surface area contributed by atoms with Crippen molar-refractivity contribution in [2.75, 3.05) is 20.2 Å². The number of rotatable bonds is 13. The van der Waals surface area contributed by atoms with Crippen LogP contribution in [0.5, 0.6) is 0 Å². The van der Waals surface area contributed by atoms with Gasteiger partial charge in [-0.2, -0.15) is 0 Å². The molecule has 1 fully saturated rings. The zero-order chi connectivity index (χ0) is 28.6. The fourth-order valence-corrected chi connectivity index (χ4v) is 5.60. The van der Waals surface area contributed by atoms with Crippen LogP contribution in [-0.4, -0.2) is 59.2 Å². The van der Waals surface area contributed by atoms with Gasteiger partial charge in [-0.05, 0) is 88.2 Å². The fourth-order valence-electron chi connectivity index (χ4n) is 5.60. The summed E-state index contributed by atoms with van der Waals surface area (Å²) in [6.45, 7) is 6.72. The average Bonchev–Trinajstić information content (AvgIpc) is 3.62. The zero-order valence-corrected chi connectivity index (χ0v) is 25.6. The van der Waals surface area contributed by atoms with Gasteiger partial charge in [0.05, 0.1) is 12.8 Å². The summed E-state index contributed by atoms with van der Waals surface area (Å²) < 4.78 is 6.63. The number of nitrogens with zero attached hydrogens (tertiary/aromatic N) is 2. The molecule has 1 saturated carbocycles. The van der Waals surface area contributed by atoms with Gasteiger partial charge in [0.25, 0.3) is 5.91 Å². The van der Waals surface area contributed by atoms with Gasteiger partial charge >= 0.3 is 5.97 Å². The van der Waals surface area contributed by atoms with E-state index in [1.807, 2.05) is 43.4 Å². The minimum Gasteiger partial charge on any atom is -0.468 e. The predicted molar refractivity (Wildman–Crippen MR) is 165 cm³/mol. The van der Waals surface area contributed by atoms with Crippen LogP contribution in [0.2, 0.25) is 0 Å². The van der Waals surface area contributed by atoms with E-state index < -0.39 is 5.97 Å². The summed E-state index contributed by atoms with van der Waals surface area (Å²) in [5.74, 6) is -0.744. The van der Waals surface area contributed by atoms with Crippen LogP contribution in [0.4, 0.5) is 0 Å². The van der Waals surface area contributed by atoms with Gasteiger partial charge in [0.15, 0.2) is 0 Å². The molecular formula is C33H44ClN3O4. The van der Waals surface area contributed by atoms with Gasteiger partial charge in [-0.25, -0.2) is 0 Å². The van der Waals surface area contributed by atoms with Gasteiger partial charge < -0.3 is 19.4 Å². The van der Waals surface area contributed by atoms with Crippen LogP contribution in [0, 0.1) is 0 Å². The molecule has 41 heavy (non-hydrogen) atoms. The number of fused-ring (bicyclic) bond motifs is 1. The van der Waals surface area contributed by atoms with E-state index in [-0.39, 0.29) is 36.7 Å². The van der Waals surface area contributed by atoms with Gasteiger partial charge in [-0.15, -0.1) is 12.4 Å². The van der Waals surface area contributed by atoms with Gasteiger partial charge in [-0.3, -0.25) is 14.4 Å². The number of unbranched alkanes of at least 4 members (excludes halogenated alkanes) is 1. The number of aryl methyl sites for hydroxylation is 2. The van der Waals surface area contributed by atoms with Crippen molar-refractivity contribution < 1.29 is 19.1 Å². The molecular weight excluding hydrogens is 538 g/mol. The maximum absolute atomic E-state index is 13.7. The van der Waals surface area contributed by atoms with Crippen molar-refractivity contribution in [1.82, 2.24) is 14.6 Å². The molecule has 0 atom stereocenters. The highest BCUT2D eigenvalue weighted by Crippen LogP contribution is 2.23. The molecule has 0 bridgehead atoms. The summed E-state index contributed by atoms with van der Waals surface area (Å²) in [5, 5.41) is 3.68. The van der Waals surface area contributed by atoms with Crippen molar-refractivity contribution in [1.29, 1.82) is 0 Å². The summed E-state index contributed by atoms with van der Waals surface area (Å²) in [4.78, 5) is 40.2. The first kappa shape index (κ1) is 32.4. The Morgan fingerprint density at radius 2 is 1.73 bits per heavy atom. The van der Waals surface area contributed by atoms with E-state index in [1.165, 1.54) is 43.3 Å². The standard InChI is InChI=1S/C33H43N3O4.ClH/c1-5-25-20-29-21-27(33(39)36(23(2)3)22-30(37)40-4)17-19-35(29)31(25)32(38)26-15-13-24(14-16-26)10-8-9-18-34-28-11-6-7-12-28;/h13-17,19-21,23,28,34H,5-12,18,22H2,1-4H3;1H. The second-order valence-corrected chi connectivity index (χ2v) is 11.1. The third-order valence-electron chi connectivity index (χ3n) is 8.00. The van der Waals surface area contributed by atoms with Crippen LogP contribution < -0.4 is 5.32 Å². The topological polar surface area (TPSA) is 80.1 Å². The monoisotopic (exact) mass is 581 g/mol. The number of hydrogen-bond acceptors (Lipinski definition) is 5. The van der Waals surface area contributed by atoms with Crippen molar-refractivity contribution in [3.63, 3.8) is 0 Å². The molecule has 2 heterocycles. The molecule has 0 spiro atoms. The van der Waals surface area contributed by atoms with Gasteiger partial charge in [0, 0.05) is 34.9 Å². The zero-order valence-electron chi connectivity index (χ0n) is 24.8. The lowest BCUT2D eigenvalue weighted by Crippen LogP contribution is -2.41. The van der Waals surface area contributed by atoms with Crippen LogP contribution in [0.1, 0.15) is 96.8 Å². The molecule has 1 amide bonds. The van der Waals surface area contributed by atoms with Crippen molar-refractivity contribution in [3.05, 3.63) is 76.6 Å². The molecule has 0 saturated heterocycles. The molecule has 1 aromatic carbocycles. The van der Waals surface area contributed by atoms with Crippen LogP contribution in [0.25, 0.3) is 5.52 Å². The number of esters is 1. The minimum absolute atomic E-state index is 0. The highest BCUT2D eigenvalue weighted by Gasteiger charge is 2.24. The molecule has 4 rings (SSSR count). The second-order valence-electron chi connectivity index (χ2n) is 11.1. The van der Waals surface area contributed by atoms with E-state index in [1.54, 1.807) is 18.3 Å². The summed E-state index contributed by atoms with van der Waals surface area (Å²) in [7, 11) is 1.31. The number of carbonyl (C=O) groups excluding carboxylic acids is 3. The number of aromatic nitrogens is 1. The number of carbonyl (C=O) groups is 3. The molecule has 8 heteroatoms. The first-order valence-electron chi connectivity index (χ1n) is 14.7. The SMILES string of the molecule is CCc1cc2cc(C(=O)N(CC(=O)OC)C(C)C)ccn2c1C(=O)c1ccc(CCCCNC2CCCC2)cc1.Cl.